The van der Waals surface area contributed by atoms with E-state index in [0.717, 1.165) is 17.7 Å². The second-order valence-electron chi connectivity index (χ2n) is 5.43. The molecule has 0 spiro atoms. The van der Waals surface area contributed by atoms with Crippen molar-refractivity contribution in [3.8, 4) is 0 Å². The zero-order valence-corrected chi connectivity index (χ0v) is 13.3. The second kappa shape index (κ2) is 6.47. The van der Waals surface area contributed by atoms with Crippen molar-refractivity contribution in [1.29, 1.82) is 0 Å². The lowest BCUT2D eigenvalue weighted by molar-refractivity contribution is -0.129. The van der Waals surface area contributed by atoms with Crippen LogP contribution in [0.1, 0.15) is 18.9 Å². The number of para-hydroxylation sites is 1. The van der Waals surface area contributed by atoms with Crippen molar-refractivity contribution < 1.29 is 13.2 Å². The predicted octanol–water partition coefficient (Wildman–Crippen LogP) is 1.31. The molecular formula is C15H22N2O3S. The average molecular weight is 310 g/mol. The normalized spacial score (nSPS) is 20.2. The fraction of sp³-hybridized carbons (Fsp3) is 0.533. The molecule has 1 atom stereocenters. The molecule has 5 nitrogen and oxygen atoms in total. The maximum atomic E-state index is 12.2. The van der Waals surface area contributed by atoms with E-state index in [2.05, 4.69) is 12.2 Å². The lowest BCUT2D eigenvalue weighted by atomic mass is 10.1. The molecule has 1 aromatic carbocycles. The van der Waals surface area contributed by atoms with E-state index < -0.39 is 9.84 Å². The third-order valence-corrected chi connectivity index (χ3v) is 5.73. The first-order valence-electron chi connectivity index (χ1n) is 7.21. The highest BCUT2D eigenvalue weighted by Crippen LogP contribution is 2.18. The molecule has 1 aliphatic heterocycles. The summed E-state index contributed by atoms with van der Waals surface area (Å²) in [5.74, 6) is 0.185. The molecule has 1 aliphatic rings. The van der Waals surface area contributed by atoms with Gasteiger partial charge in [-0.1, -0.05) is 25.1 Å². The van der Waals surface area contributed by atoms with Crippen molar-refractivity contribution in [1.82, 2.24) is 4.90 Å². The maximum Gasteiger partial charge on any atom is 0.241 e. The Bertz CT molecular complexity index is 613. The standard InChI is InChI=1S/C15H22N2O3S/c1-3-12-6-4-5-7-14(12)16-10-15(18)17(2)13-8-9-21(19,20)11-13/h4-7,13,16H,3,8-11H2,1-2H3. The molecule has 1 unspecified atom stereocenters. The van der Waals surface area contributed by atoms with Gasteiger partial charge in [-0.25, -0.2) is 8.42 Å². The maximum absolute atomic E-state index is 12.2. The molecule has 0 bridgehead atoms. The summed E-state index contributed by atoms with van der Waals surface area (Å²) in [6.07, 6.45) is 1.43. The SMILES string of the molecule is CCc1ccccc1NCC(=O)N(C)C1CCS(=O)(=O)C1. The van der Waals surface area contributed by atoms with Gasteiger partial charge in [0.15, 0.2) is 9.84 Å². The molecule has 1 heterocycles. The van der Waals surface area contributed by atoms with Gasteiger partial charge in [-0.05, 0) is 24.5 Å². The van der Waals surface area contributed by atoms with E-state index in [9.17, 15) is 13.2 Å². The number of anilines is 1. The van der Waals surface area contributed by atoms with Crippen LogP contribution in [0.15, 0.2) is 24.3 Å². The quantitative estimate of drug-likeness (QED) is 0.890. The summed E-state index contributed by atoms with van der Waals surface area (Å²) in [6.45, 7) is 2.25. The summed E-state index contributed by atoms with van der Waals surface area (Å²) < 4.78 is 23.0. The Hall–Kier alpha value is -1.56. The minimum Gasteiger partial charge on any atom is -0.376 e. The van der Waals surface area contributed by atoms with Crippen LogP contribution in [0, 0.1) is 0 Å². The number of likely N-dealkylation sites (N-methyl/N-ethyl adjacent to an activating group) is 1. The van der Waals surface area contributed by atoms with Gasteiger partial charge in [0.1, 0.15) is 0 Å². The van der Waals surface area contributed by atoms with Crippen LogP contribution in [0.5, 0.6) is 0 Å². The summed E-state index contributed by atoms with van der Waals surface area (Å²) in [5.41, 5.74) is 2.12. The van der Waals surface area contributed by atoms with E-state index >= 15 is 0 Å². The monoisotopic (exact) mass is 310 g/mol. The number of carbonyl (C=O) groups excluding carboxylic acids is 1. The van der Waals surface area contributed by atoms with Crippen molar-refractivity contribution in [2.45, 2.75) is 25.8 Å². The highest BCUT2D eigenvalue weighted by molar-refractivity contribution is 7.91. The van der Waals surface area contributed by atoms with Gasteiger partial charge < -0.3 is 10.2 Å². The Morgan fingerprint density at radius 3 is 2.71 bits per heavy atom. The molecule has 21 heavy (non-hydrogen) atoms. The number of rotatable bonds is 5. The van der Waals surface area contributed by atoms with Crippen molar-refractivity contribution >= 4 is 21.4 Å². The third-order valence-electron chi connectivity index (χ3n) is 3.98. The van der Waals surface area contributed by atoms with E-state index in [4.69, 9.17) is 0 Å². The minimum atomic E-state index is -2.97. The van der Waals surface area contributed by atoms with Gasteiger partial charge in [0, 0.05) is 18.8 Å². The summed E-state index contributed by atoms with van der Waals surface area (Å²) in [6, 6.07) is 7.69. The number of hydrogen-bond acceptors (Lipinski definition) is 4. The number of hydrogen-bond donors (Lipinski definition) is 1. The first kappa shape index (κ1) is 15.8. The molecule has 0 radical (unpaired) electrons. The van der Waals surface area contributed by atoms with Gasteiger partial charge in [-0.3, -0.25) is 4.79 Å². The molecule has 116 valence electrons. The summed E-state index contributed by atoms with van der Waals surface area (Å²) in [4.78, 5) is 13.7. The molecular weight excluding hydrogens is 288 g/mol. The molecule has 1 amide bonds. The zero-order chi connectivity index (χ0) is 15.5. The van der Waals surface area contributed by atoms with Crippen molar-refractivity contribution in [2.75, 3.05) is 30.4 Å². The Kier molecular flexibility index (Phi) is 4.88. The predicted molar refractivity (Wildman–Crippen MR) is 84.1 cm³/mol. The Balaban J connectivity index is 1.93. The van der Waals surface area contributed by atoms with Crippen LogP contribution in [0.25, 0.3) is 0 Å². The van der Waals surface area contributed by atoms with Gasteiger partial charge in [-0.15, -0.1) is 0 Å². The second-order valence-corrected chi connectivity index (χ2v) is 7.65. The van der Waals surface area contributed by atoms with E-state index in [1.54, 1.807) is 11.9 Å². The highest BCUT2D eigenvalue weighted by Gasteiger charge is 2.32. The molecule has 6 heteroatoms. The first-order chi connectivity index (χ1) is 9.93. The Labute approximate surface area is 126 Å². The van der Waals surface area contributed by atoms with Crippen LogP contribution in [0.2, 0.25) is 0 Å². The molecule has 1 fully saturated rings. The minimum absolute atomic E-state index is 0.0805. The van der Waals surface area contributed by atoms with Crippen LogP contribution >= 0.6 is 0 Å². The molecule has 0 saturated carbocycles. The molecule has 0 aromatic heterocycles. The van der Waals surface area contributed by atoms with E-state index in [0.29, 0.717) is 6.42 Å². The topological polar surface area (TPSA) is 66.5 Å². The van der Waals surface area contributed by atoms with Crippen LogP contribution < -0.4 is 5.32 Å². The Morgan fingerprint density at radius 2 is 2.10 bits per heavy atom. The van der Waals surface area contributed by atoms with Crippen molar-refractivity contribution in [2.24, 2.45) is 0 Å². The van der Waals surface area contributed by atoms with Gasteiger partial charge >= 0.3 is 0 Å². The van der Waals surface area contributed by atoms with E-state index in [1.165, 1.54) is 0 Å². The molecule has 1 aromatic rings. The first-order valence-corrected chi connectivity index (χ1v) is 9.03. The van der Waals surface area contributed by atoms with Gasteiger partial charge in [0.05, 0.1) is 18.1 Å². The Morgan fingerprint density at radius 1 is 1.38 bits per heavy atom. The number of benzene rings is 1. The van der Waals surface area contributed by atoms with Crippen LogP contribution in [-0.2, 0) is 21.1 Å². The average Bonchev–Trinajstić information content (AvgIpc) is 2.84. The van der Waals surface area contributed by atoms with E-state index in [-0.39, 0.29) is 30.0 Å². The smallest absolute Gasteiger partial charge is 0.241 e. The number of nitrogens with one attached hydrogen (secondary N) is 1. The molecule has 2 rings (SSSR count). The summed E-state index contributed by atoms with van der Waals surface area (Å²) in [7, 11) is -1.28. The van der Waals surface area contributed by atoms with Gasteiger partial charge in [0.25, 0.3) is 0 Å². The zero-order valence-electron chi connectivity index (χ0n) is 12.5. The molecule has 0 aliphatic carbocycles. The van der Waals surface area contributed by atoms with Crippen LogP contribution in [0.3, 0.4) is 0 Å². The number of amides is 1. The number of nitrogens with zero attached hydrogens (tertiary/aromatic N) is 1. The van der Waals surface area contributed by atoms with Gasteiger partial charge in [0.2, 0.25) is 5.91 Å². The summed E-state index contributed by atoms with van der Waals surface area (Å²) >= 11 is 0. The van der Waals surface area contributed by atoms with Crippen molar-refractivity contribution in [3.63, 3.8) is 0 Å². The highest BCUT2D eigenvalue weighted by atomic mass is 32.2. The lowest BCUT2D eigenvalue weighted by Gasteiger charge is -2.24. The van der Waals surface area contributed by atoms with Crippen LogP contribution in [-0.4, -0.2) is 50.4 Å². The van der Waals surface area contributed by atoms with Crippen molar-refractivity contribution in [3.05, 3.63) is 29.8 Å². The fourth-order valence-corrected chi connectivity index (χ4v) is 4.36. The third kappa shape index (κ3) is 3.97. The van der Waals surface area contributed by atoms with Crippen LogP contribution in [0.4, 0.5) is 5.69 Å². The summed E-state index contributed by atoms with van der Waals surface area (Å²) in [5, 5.41) is 3.15. The number of aryl methyl sites for hydroxylation is 1. The number of sulfone groups is 1. The number of carbonyl (C=O) groups is 1. The van der Waals surface area contributed by atoms with Gasteiger partial charge in [-0.2, -0.15) is 0 Å². The molecule has 1 N–H and O–H groups in total. The fourth-order valence-electron chi connectivity index (χ4n) is 2.58. The lowest BCUT2D eigenvalue weighted by Crippen LogP contribution is -2.41. The van der Waals surface area contributed by atoms with E-state index in [1.807, 2.05) is 24.3 Å². The molecule has 1 saturated heterocycles. The largest absolute Gasteiger partial charge is 0.376 e.